The molecule has 4 atom stereocenters. The van der Waals surface area contributed by atoms with E-state index in [4.69, 9.17) is 33.2 Å². The van der Waals surface area contributed by atoms with Gasteiger partial charge in [-0.1, -0.05) is 170 Å². The second-order valence-electron chi connectivity index (χ2n) is 21.3. The molecule has 0 amide bonds. The fourth-order valence-corrected chi connectivity index (χ4v) is 10.8. The van der Waals surface area contributed by atoms with Crippen molar-refractivity contribution in [3.05, 3.63) is 0 Å². The van der Waals surface area contributed by atoms with E-state index in [9.17, 15) is 14.4 Å². The summed E-state index contributed by atoms with van der Waals surface area (Å²) in [6, 6.07) is 0. The van der Waals surface area contributed by atoms with Gasteiger partial charge in [-0.2, -0.15) is 0 Å². The average Bonchev–Trinajstić information content (AvgIpc) is 3.28. The van der Waals surface area contributed by atoms with Gasteiger partial charge in [-0.3, -0.25) is 19.3 Å². The standard InChI is InChI=1S/C57H107NO10/c1-9-15-19-23-27-31-39-62-53(63-40-32-28-24-20-16-10-2)37-35-50(59)66-55(7)43-49-44-56(8,67-52(61)46-58(13-5)14-6)48-57(45-49,47-55)68-51(60)36-38-54(64-41-33-29-25-21-17-11-3)65-42-34-30-26-22-18-12-4/h49,53-54H,9-48H2,1-8H3. The van der Waals surface area contributed by atoms with Crippen molar-refractivity contribution in [2.24, 2.45) is 5.92 Å². The number of esters is 3. The Bertz CT molecular complexity index is 1240. The van der Waals surface area contributed by atoms with Crippen LogP contribution in [0.1, 0.15) is 267 Å². The zero-order valence-corrected chi connectivity index (χ0v) is 45.5. The fourth-order valence-electron chi connectivity index (χ4n) is 10.8. The van der Waals surface area contributed by atoms with Crippen molar-refractivity contribution >= 4 is 17.9 Å². The predicted molar refractivity (Wildman–Crippen MR) is 276 cm³/mol. The summed E-state index contributed by atoms with van der Waals surface area (Å²) in [5, 5.41) is 0. The molecule has 2 bridgehead atoms. The Morgan fingerprint density at radius 2 is 0.765 bits per heavy atom. The van der Waals surface area contributed by atoms with Crippen LogP contribution in [0.5, 0.6) is 0 Å². The minimum atomic E-state index is -0.977. The molecule has 2 aliphatic carbocycles. The highest BCUT2D eigenvalue weighted by atomic mass is 16.7. The third-order valence-electron chi connectivity index (χ3n) is 14.2. The molecule has 0 aromatic heterocycles. The molecular weight excluding hydrogens is 859 g/mol. The molecule has 11 heteroatoms. The molecule has 68 heavy (non-hydrogen) atoms. The SMILES string of the molecule is CCCCCCCCOC(CCC(=O)OC1(C)CC2CC(C)(OC(=O)CN(CC)CC)CC(OC(=O)CCC(OCCCCCCCC)OCCCCCCCC)(C2)C1)OCCCCCCCC. The maximum atomic E-state index is 14.1. The van der Waals surface area contributed by atoms with E-state index in [0.29, 0.717) is 71.4 Å². The number of ether oxygens (including phenoxy) is 7. The molecule has 0 radical (unpaired) electrons. The zero-order chi connectivity index (χ0) is 49.8. The van der Waals surface area contributed by atoms with Crippen LogP contribution in [0.4, 0.5) is 0 Å². The minimum absolute atomic E-state index is 0.0116. The van der Waals surface area contributed by atoms with E-state index in [2.05, 4.69) is 27.7 Å². The van der Waals surface area contributed by atoms with Gasteiger partial charge >= 0.3 is 17.9 Å². The molecule has 0 saturated heterocycles. The van der Waals surface area contributed by atoms with Gasteiger partial charge < -0.3 is 33.2 Å². The summed E-state index contributed by atoms with van der Waals surface area (Å²) < 4.78 is 44.5. The van der Waals surface area contributed by atoms with Crippen LogP contribution in [0.3, 0.4) is 0 Å². The topological polar surface area (TPSA) is 119 Å². The lowest BCUT2D eigenvalue weighted by molar-refractivity contribution is -0.223. The molecule has 2 rings (SSSR count). The normalized spacial score (nSPS) is 21.5. The molecule has 0 aromatic rings. The predicted octanol–water partition coefficient (Wildman–Crippen LogP) is 14.5. The highest BCUT2D eigenvalue weighted by molar-refractivity contribution is 5.72. The first-order chi connectivity index (χ1) is 32.9. The molecule has 0 aromatic carbocycles. The second kappa shape index (κ2) is 37.9. The quantitative estimate of drug-likeness (QED) is 0.0251. The number of hydrogen-bond acceptors (Lipinski definition) is 11. The van der Waals surface area contributed by atoms with Crippen LogP contribution in [-0.4, -0.2) is 98.3 Å². The third kappa shape index (κ3) is 28.9. The highest BCUT2D eigenvalue weighted by Crippen LogP contribution is 2.54. The minimum Gasteiger partial charge on any atom is -0.459 e. The Morgan fingerprint density at radius 1 is 0.441 bits per heavy atom. The summed E-state index contributed by atoms with van der Waals surface area (Å²) in [5.41, 5.74) is -2.69. The summed E-state index contributed by atoms with van der Waals surface area (Å²) >= 11 is 0. The number of fused-ring (bicyclic) bond motifs is 2. The lowest BCUT2D eigenvalue weighted by atomic mass is 9.59. The van der Waals surface area contributed by atoms with Crippen molar-refractivity contribution < 1.29 is 47.5 Å². The molecule has 0 heterocycles. The van der Waals surface area contributed by atoms with Gasteiger partial charge in [-0.25, -0.2) is 0 Å². The Labute approximate surface area is 417 Å². The van der Waals surface area contributed by atoms with Crippen LogP contribution in [0, 0.1) is 5.92 Å². The van der Waals surface area contributed by atoms with E-state index in [1.54, 1.807) is 0 Å². The smallest absolute Gasteiger partial charge is 0.320 e. The molecule has 0 aliphatic heterocycles. The van der Waals surface area contributed by atoms with Gasteiger partial charge in [0.25, 0.3) is 0 Å². The van der Waals surface area contributed by atoms with Gasteiger partial charge in [0.15, 0.2) is 12.6 Å². The Morgan fingerprint density at radius 3 is 1.12 bits per heavy atom. The Hall–Kier alpha value is -1.79. The maximum Gasteiger partial charge on any atom is 0.320 e. The Kier molecular flexibility index (Phi) is 34.8. The van der Waals surface area contributed by atoms with Crippen molar-refractivity contribution in [1.82, 2.24) is 4.90 Å². The van der Waals surface area contributed by atoms with Crippen molar-refractivity contribution in [2.75, 3.05) is 46.1 Å². The molecule has 11 nitrogen and oxygen atoms in total. The maximum absolute atomic E-state index is 14.1. The van der Waals surface area contributed by atoms with Crippen LogP contribution >= 0.6 is 0 Å². The molecule has 0 N–H and O–H groups in total. The molecule has 2 saturated carbocycles. The molecule has 2 fully saturated rings. The van der Waals surface area contributed by atoms with Gasteiger partial charge in [0.2, 0.25) is 0 Å². The monoisotopic (exact) mass is 966 g/mol. The first-order valence-electron chi connectivity index (χ1n) is 28.7. The van der Waals surface area contributed by atoms with Gasteiger partial charge in [-0.15, -0.1) is 0 Å². The summed E-state index contributed by atoms with van der Waals surface area (Å²) in [7, 11) is 0. The van der Waals surface area contributed by atoms with Crippen LogP contribution in [-0.2, 0) is 47.5 Å². The van der Waals surface area contributed by atoms with Crippen molar-refractivity contribution in [3.63, 3.8) is 0 Å². The number of likely N-dealkylation sites (N-methyl/N-ethyl adjacent to an activating group) is 1. The number of carbonyl (C=O) groups excluding carboxylic acids is 3. The number of carbonyl (C=O) groups is 3. The molecular formula is C57H107NO10. The second-order valence-corrected chi connectivity index (χ2v) is 21.3. The van der Waals surface area contributed by atoms with Gasteiger partial charge in [0, 0.05) is 52.1 Å². The lowest BCUT2D eigenvalue weighted by Gasteiger charge is -2.55. The van der Waals surface area contributed by atoms with Crippen LogP contribution < -0.4 is 0 Å². The summed E-state index contributed by atoms with van der Waals surface area (Å²) in [4.78, 5) is 43.4. The summed E-state index contributed by atoms with van der Waals surface area (Å²) in [5.74, 6) is -0.891. The largest absolute Gasteiger partial charge is 0.459 e. The number of rotatable bonds is 45. The van der Waals surface area contributed by atoms with E-state index < -0.39 is 29.4 Å². The number of unbranched alkanes of at least 4 members (excludes halogenated alkanes) is 20. The third-order valence-corrected chi connectivity index (χ3v) is 14.2. The molecule has 400 valence electrons. The lowest BCUT2D eigenvalue weighted by Crippen LogP contribution is -2.60. The van der Waals surface area contributed by atoms with Crippen molar-refractivity contribution in [3.8, 4) is 0 Å². The molecule has 2 aliphatic rings. The van der Waals surface area contributed by atoms with Crippen molar-refractivity contribution in [2.45, 2.75) is 297 Å². The van der Waals surface area contributed by atoms with Crippen LogP contribution in [0.25, 0.3) is 0 Å². The van der Waals surface area contributed by atoms with Gasteiger partial charge in [0.05, 0.1) is 19.4 Å². The van der Waals surface area contributed by atoms with Crippen LogP contribution in [0.2, 0.25) is 0 Å². The summed E-state index contributed by atoms with van der Waals surface area (Å²) in [6.07, 6.45) is 30.9. The highest BCUT2D eigenvalue weighted by Gasteiger charge is 2.58. The summed E-state index contributed by atoms with van der Waals surface area (Å²) in [6.45, 7) is 21.1. The van der Waals surface area contributed by atoms with Crippen LogP contribution in [0.15, 0.2) is 0 Å². The van der Waals surface area contributed by atoms with E-state index in [0.717, 1.165) is 64.5 Å². The molecule has 0 spiro atoms. The average molecular weight is 966 g/mol. The molecule has 4 unspecified atom stereocenters. The Balaban J connectivity index is 2.18. The van der Waals surface area contributed by atoms with Gasteiger partial charge in [-0.05, 0) is 77.8 Å². The fraction of sp³-hybridized carbons (Fsp3) is 0.947. The zero-order valence-electron chi connectivity index (χ0n) is 45.5. The van der Waals surface area contributed by atoms with E-state index in [1.165, 1.54) is 103 Å². The first-order valence-corrected chi connectivity index (χ1v) is 28.7. The number of nitrogens with zero attached hydrogens (tertiary/aromatic N) is 1. The first kappa shape index (κ1) is 62.3. The number of hydrogen-bond donors (Lipinski definition) is 0. The van der Waals surface area contributed by atoms with E-state index >= 15 is 0 Å². The van der Waals surface area contributed by atoms with E-state index in [-0.39, 0.29) is 43.2 Å². The van der Waals surface area contributed by atoms with E-state index in [1.807, 2.05) is 32.6 Å². The van der Waals surface area contributed by atoms with Gasteiger partial charge in [0.1, 0.15) is 16.8 Å². The van der Waals surface area contributed by atoms with Crippen molar-refractivity contribution in [1.29, 1.82) is 0 Å².